The fourth-order valence-corrected chi connectivity index (χ4v) is 2.68. The lowest BCUT2D eigenvalue weighted by Crippen LogP contribution is -2.26. The van der Waals surface area contributed by atoms with Crippen LogP contribution in [0.2, 0.25) is 5.02 Å². The van der Waals surface area contributed by atoms with E-state index in [9.17, 15) is 9.59 Å². The van der Waals surface area contributed by atoms with Crippen molar-refractivity contribution in [2.75, 3.05) is 6.54 Å². The van der Waals surface area contributed by atoms with Gasteiger partial charge in [0.1, 0.15) is 0 Å². The van der Waals surface area contributed by atoms with Gasteiger partial charge in [-0.2, -0.15) is 5.10 Å². The number of nitrogens with one attached hydrogen (secondary N) is 1. The number of nitrogens with two attached hydrogens (primary N) is 1. The van der Waals surface area contributed by atoms with Crippen molar-refractivity contribution in [3.63, 3.8) is 0 Å². The third kappa shape index (κ3) is 4.29. The maximum Gasteiger partial charge on any atom is 0.271 e. The van der Waals surface area contributed by atoms with Crippen LogP contribution in [0, 0.1) is 0 Å². The minimum Gasteiger partial charge on any atom is -0.366 e. The van der Waals surface area contributed by atoms with Gasteiger partial charge in [-0.1, -0.05) is 29.8 Å². The molecule has 0 spiro atoms. The summed E-state index contributed by atoms with van der Waals surface area (Å²) in [6, 6.07) is 15.9. The number of nitrogens with zero attached hydrogens (tertiary/aromatic N) is 2. The molecule has 1 heterocycles. The first-order chi connectivity index (χ1) is 12.5. The highest BCUT2D eigenvalue weighted by molar-refractivity contribution is 6.30. The van der Waals surface area contributed by atoms with Gasteiger partial charge in [0.05, 0.1) is 5.69 Å². The van der Waals surface area contributed by atoms with Crippen molar-refractivity contribution in [3.8, 4) is 5.69 Å². The minimum absolute atomic E-state index is 0.267. The predicted molar refractivity (Wildman–Crippen MR) is 99.6 cm³/mol. The summed E-state index contributed by atoms with van der Waals surface area (Å²) in [5, 5.41) is 7.68. The van der Waals surface area contributed by atoms with Crippen LogP contribution in [0.15, 0.2) is 60.8 Å². The van der Waals surface area contributed by atoms with E-state index in [-0.39, 0.29) is 5.91 Å². The molecule has 0 aliphatic rings. The Kier molecular flexibility index (Phi) is 5.34. The largest absolute Gasteiger partial charge is 0.366 e. The third-order valence-corrected chi connectivity index (χ3v) is 4.04. The molecule has 0 saturated heterocycles. The molecule has 0 fully saturated rings. The first-order valence-electron chi connectivity index (χ1n) is 8.01. The van der Waals surface area contributed by atoms with E-state index in [0.29, 0.717) is 29.2 Å². The number of primary amides is 1. The maximum absolute atomic E-state index is 12.2. The molecule has 0 aliphatic heterocycles. The molecule has 0 radical (unpaired) electrons. The molecule has 0 aliphatic carbocycles. The Morgan fingerprint density at radius 1 is 1.12 bits per heavy atom. The Bertz CT molecular complexity index is 952. The Balaban J connectivity index is 1.59. The van der Waals surface area contributed by atoms with Crippen molar-refractivity contribution in [1.29, 1.82) is 0 Å². The summed E-state index contributed by atoms with van der Waals surface area (Å²) in [6.07, 6.45) is 2.29. The Morgan fingerprint density at radius 3 is 2.69 bits per heavy atom. The van der Waals surface area contributed by atoms with Gasteiger partial charge in [-0.3, -0.25) is 9.59 Å². The Hall–Kier alpha value is -3.12. The van der Waals surface area contributed by atoms with Crippen molar-refractivity contribution in [2.24, 2.45) is 5.73 Å². The zero-order valence-corrected chi connectivity index (χ0v) is 14.6. The maximum atomic E-state index is 12.2. The van der Waals surface area contributed by atoms with Gasteiger partial charge in [0.2, 0.25) is 5.91 Å². The van der Waals surface area contributed by atoms with E-state index in [0.717, 1.165) is 11.3 Å². The van der Waals surface area contributed by atoms with E-state index in [1.54, 1.807) is 47.3 Å². The van der Waals surface area contributed by atoms with Crippen LogP contribution in [-0.2, 0) is 6.42 Å². The Morgan fingerprint density at radius 2 is 1.92 bits per heavy atom. The molecule has 0 bridgehead atoms. The molecule has 132 valence electrons. The van der Waals surface area contributed by atoms with Crippen LogP contribution in [0.5, 0.6) is 0 Å². The van der Waals surface area contributed by atoms with Crippen molar-refractivity contribution >= 4 is 23.4 Å². The van der Waals surface area contributed by atoms with E-state index in [1.807, 2.05) is 18.2 Å². The first-order valence-corrected chi connectivity index (χ1v) is 8.39. The molecule has 0 saturated carbocycles. The summed E-state index contributed by atoms with van der Waals surface area (Å²) in [7, 11) is 0. The molecule has 3 N–H and O–H groups in total. The number of rotatable bonds is 6. The number of carbonyl (C=O) groups is 2. The van der Waals surface area contributed by atoms with E-state index >= 15 is 0 Å². The monoisotopic (exact) mass is 368 g/mol. The van der Waals surface area contributed by atoms with Crippen molar-refractivity contribution in [3.05, 3.63) is 82.6 Å². The van der Waals surface area contributed by atoms with Gasteiger partial charge < -0.3 is 11.1 Å². The molecule has 26 heavy (non-hydrogen) atoms. The quantitative estimate of drug-likeness (QED) is 0.700. The van der Waals surface area contributed by atoms with Crippen LogP contribution >= 0.6 is 11.6 Å². The molecular weight excluding hydrogens is 352 g/mol. The van der Waals surface area contributed by atoms with Gasteiger partial charge in [0.15, 0.2) is 5.69 Å². The molecule has 1 aromatic heterocycles. The standard InChI is InChI=1S/C19H17ClN4O2/c20-15-5-2-6-16(12-15)24-10-8-17(23-24)19(26)22-9-7-13-3-1-4-14(11-13)18(21)25/h1-6,8,10-12H,7,9H2,(H2,21,25)(H,22,26). The fourth-order valence-electron chi connectivity index (χ4n) is 2.50. The summed E-state index contributed by atoms with van der Waals surface area (Å²) in [5.74, 6) is -0.737. The lowest BCUT2D eigenvalue weighted by molar-refractivity contribution is 0.0947. The van der Waals surface area contributed by atoms with E-state index < -0.39 is 5.91 Å². The van der Waals surface area contributed by atoms with Crippen LogP contribution in [0.25, 0.3) is 5.69 Å². The predicted octanol–water partition coefficient (Wildman–Crippen LogP) is 2.60. The molecule has 2 aromatic carbocycles. The second kappa shape index (κ2) is 7.84. The molecular formula is C19H17ClN4O2. The Labute approximate surface area is 155 Å². The number of hydrogen-bond donors (Lipinski definition) is 2. The smallest absolute Gasteiger partial charge is 0.271 e. The zero-order valence-electron chi connectivity index (χ0n) is 13.9. The number of hydrogen-bond acceptors (Lipinski definition) is 3. The summed E-state index contributed by atoms with van der Waals surface area (Å²) < 4.78 is 1.59. The lowest BCUT2D eigenvalue weighted by atomic mass is 10.1. The van der Waals surface area contributed by atoms with Gasteiger partial charge in [0, 0.05) is 23.3 Å². The molecule has 2 amide bonds. The van der Waals surface area contributed by atoms with Crippen LogP contribution in [0.3, 0.4) is 0 Å². The highest BCUT2D eigenvalue weighted by Gasteiger charge is 2.10. The number of amides is 2. The van der Waals surface area contributed by atoms with E-state index in [4.69, 9.17) is 17.3 Å². The topological polar surface area (TPSA) is 90.0 Å². The second-order valence-corrected chi connectivity index (χ2v) is 6.13. The summed E-state index contributed by atoms with van der Waals surface area (Å²) in [5.41, 5.74) is 7.74. The number of carbonyl (C=O) groups excluding carboxylic acids is 2. The number of benzene rings is 2. The van der Waals surface area contributed by atoms with E-state index in [2.05, 4.69) is 10.4 Å². The van der Waals surface area contributed by atoms with Crippen LogP contribution in [-0.4, -0.2) is 28.1 Å². The summed E-state index contributed by atoms with van der Waals surface area (Å²) >= 11 is 5.97. The van der Waals surface area contributed by atoms with Crippen molar-refractivity contribution in [2.45, 2.75) is 6.42 Å². The van der Waals surface area contributed by atoms with Crippen LogP contribution < -0.4 is 11.1 Å². The average molecular weight is 369 g/mol. The summed E-state index contributed by atoms with van der Waals surface area (Å²) in [4.78, 5) is 23.4. The normalized spacial score (nSPS) is 10.5. The molecule has 0 unspecified atom stereocenters. The SMILES string of the molecule is NC(=O)c1cccc(CCNC(=O)c2ccn(-c3cccc(Cl)c3)n2)c1. The highest BCUT2D eigenvalue weighted by Crippen LogP contribution is 2.14. The molecule has 7 heteroatoms. The lowest BCUT2D eigenvalue weighted by Gasteiger charge is -2.05. The van der Waals surface area contributed by atoms with E-state index in [1.165, 1.54) is 0 Å². The number of halogens is 1. The fraction of sp³-hybridized carbons (Fsp3) is 0.105. The molecule has 3 rings (SSSR count). The minimum atomic E-state index is -0.470. The second-order valence-electron chi connectivity index (χ2n) is 5.70. The van der Waals surface area contributed by atoms with Crippen molar-refractivity contribution in [1.82, 2.24) is 15.1 Å². The van der Waals surface area contributed by atoms with Crippen molar-refractivity contribution < 1.29 is 9.59 Å². The summed E-state index contributed by atoms with van der Waals surface area (Å²) in [6.45, 7) is 0.422. The van der Waals surface area contributed by atoms with Gasteiger partial charge in [0.25, 0.3) is 5.91 Å². The number of aromatic nitrogens is 2. The van der Waals surface area contributed by atoms with Gasteiger partial charge in [-0.15, -0.1) is 0 Å². The van der Waals surface area contributed by atoms with Crippen LogP contribution in [0.1, 0.15) is 26.4 Å². The molecule has 3 aromatic rings. The van der Waals surface area contributed by atoms with Gasteiger partial charge in [-0.05, 0) is 48.4 Å². The average Bonchev–Trinajstić information content (AvgIpc) is 3.12. The molecule has 0 atom stereocenters. The third-order valence-electron chi connectivity index (χ3n) is 3.81. The first kappa shape index (κ1) is 17.7. The van der Waals surface area contributed by atoms with Gasteiger partial charge >= 0.3 is 0 Å². The highest BCUT2D eigenvalue weighted by atomic mass is 35.5. The van der Waals surface area contributed by atoms with Crippen LogP contribution in [0.4, 0.5) is 0 Å². The molecule has 6 nitrogen and oxygen atoms in total. The zero-order chi connectivity index (χ0) is 18.5. The van der Waals surface area contributed by atoms with Gasteiger partial charge in [-0.25, -0.2) is 4.68 Å².